The lowest BCUT2D eigenvalue weighted by molar-refractivity contribution is 0.0518. The molecule has 0 radical (unpaired) electrons. The lowest BCUT2D eigenvalue weighted by Crippen LogP contribution is -2.10. The number of aryl methyl sites for hydroxylation is 1. The number of ether oxygens (including phenoxy) is 2. The van der Waals surface area contributed by atoms with E-state index in [1.807, 2.05) is 6.92 Å². The number of nitrogens with zero attached hydrogens (tertiary/aromatic N) is 2. The lowest BCUT2D eigenvalue weighted by Gasteiger charge is -2.02. The highest BCUT2D eigenvalue weighted by Crippen LogP contribution is 2.04. The third-order valence-corrected chi connectivity index (χ3v) is 1.97. The molecule has 0 saturated carbocycles. The minimum absolute atomic E-state index is 0.352. The second kappa shape index (κ2) is 5.50. The molecule has 1 aromatic rings. The summed E-state index contributed by atoms with van der Waals surface area (Å²) in [5.41, 5.74) is 1.28. The van der Waals surface area contributed by atoms with Crippen molar-refractivity contribution in [2.24, 2.45) is 0 Å². The zero-order chi connectivity index (χ0) is 11.3. The number of methoxy groups -OCH3 is 1. The molecule has 0 atom stereocenters. The Kier molecular flexibility index (Phi) is 4.30. The monoisotopic (exact) mass is 212 g/mol. The molecule has 1 rings (SSSR count). The van der Waals surface area contributed by atoms with Crippen molar-refractivity contribution in [3.05, 3.63) is 17.5 Å². The van der Waals surface area contributed by atoms with Gasteiger partial charge in [-0.25, -0.2) is 4.79 Å². The van der Waals surface area contributed by atoms with E-state index < -0.39 is 0 Å². The Morgan fingerprint density at radius 1 is 1.60 bits per heavy atom. The molecule has 0 aromatic carbocycles. The van der Waals surface area contributed by atoms with Crippen molar-refractivity contribution in [2.45, 2.75) is 20.4 Å². The smallest absolute Gasteiger partial charge is 0.358 e. The molecule has 0 aliphatic rings. The van der Waals surface area contributed by atoms with E-state index in [0.29, 0.717) is 25.5 Å². The van der Waals surface area contributed by atoms with Gasteiger partial charge in [-0.3, -0.25) is 4.68 Å². The predicted molar refractivity (Wildman–Crippen MR) is 54.8 cm³/mol. The molecule has 84 valence electrons. The van der Waals surface area contributed by atoms with Crippen LogP contribution in [0.15, 0.2) is 6.07 Å². The number of carbonyl (C=O) groups excluding carboxylic acids is 1. The van der Waals surface area contributed by atoms with Crippen molar-refractivity contribution in [3.8, 4) is 0 Å². The number of carbonyl (C=O) groups is 1. The second-order valence-corrected chi connectivity index (χ2v) is 3.11. The third kappa shape index (κ3) is 3.06. The Morgan fingerprint density at radius 3 is 2.93 bits per heavy atom. The highest BCUT2D eigenvalue weighted by atomic mass is 16.5. The maximum Gasteiger partial charge on any atom is 0.358 e. The van der Waals surface area contributed by atoms with Gasteiger partial charge in [-0.2, -0.15) is 5.10 Å². The maximum atomic E-state index is 11.4. The van der Waals surface area contributed by atoms with Crippen molar-refractivity contribution < 1.29 is 14.3 Å². The quantitative estimate of drug-likeness (QED) is 0.684. The van der Waals surface area contributed by atoms with Crippen LogP contribution in [0.3, 0.4) is 0 Å². The minimum Gasteiger partial charge on any atom is -0.461 e. The molecular weight excluding hydrogens is 196 g/mol. The Morgan fingerprint density at radius 2 is 2.33 bits per heavy atom. The van der Waals surface area contributed by atoms with Crippen LogP contribution in [0.2, 0.25) is 0 Å². The molecule has 0 aliphatic carbocycles. The van der Waals surface area contributed by atoms with Crippen molar-refractivity contribution in [1.29, 1.82) is 0 Å². The molecule has 1 heterocycles. The topological polar surface area (TPSA) is 53.4 Å². The first-order valence-electron chi connectivity index (χ1n) is 4.89. The van der Waals surface area contributed by atoms with Crippen LogP contribution in [0.25, 0.3) is 0 Å². The van der Waals surface area contributed by atoms with Crippen LogP contribution in [0, 0.1) is 6.92 Å². The lowest BCUT2D eigenvalue weighted by atomic mass is 10.4. The first kappa shape index (κ1) is 11.7. The molecule has 15 heavy (non-hydrogen) atoms. The van der Waals surface area contributed by atoms with E-state index in [1.54, 1.807) is 24.8 Å². The van der Waals surface area contributed by atoms with Gasteiger partial charge in [0, 0.05) is 12.8 Å². The highest BCUT2D eigenvalue weighted by Gasteiger charge is 2.12. The van der Waals surface area contributed by atoms with E-state index in [1.165, 1.54) is 0 Å². The van der Waals surface area contributed by atoms with E-state index in [2.05, 4.69) is 5.10 Å². The fraction of sp³-hybridized carbons (Fsp3) is 0.600. The molecule has 5 heteroatoms. The van der Waals surface area contributed by atoms with Crippen molar-refractivity contribution in [2.75, 3.05) is 20.3 Å². The molecule has 0 unspecified atom stereocenters. The van der Waals surface area contributed by atoms with Gasteiger partial charge in [-0.1, -0.05) is 0 Å². The molecular formula is C10H16N2O3. The Hall–Kier alpha value is -1.36. The summed E-state index contributed by atoms with van der Waals surface area (Å²) < 4.78 is 11.5. The van der Waals surface area contributed by atoms with Crippen LogP contribution in [-0.4, -0.2) is 36.1 Å². The van der Waals surface area contributed by atoms with Gasteiger partial charge in [0.1, 0.15) is 0 Å². The van der Waals surface area contributed by atoms with E-state index >= 15 is 0 Å². The summed E-state index contributed by atoms with van der Waals surface area (Å²) in [4.78, 5) is 11.4. The van der Waals surface area contributed by atoms with Crippen LogP contribution >= 0.6 is 0 Å². The second-order valence-electron chi connectivity index (χ2n) is 3.11. The minimum atomic E-state index is -0.378. The average molecular weight is 212 g/mol. The molecule has 0 fully saturated rings. The molecule has 1 aromatic heterocycles. The summed E-state index contributed by atoms with van der Waals surface area (Å²) in [6.07, 6.45) is 0. The SMILES string of the molecule is CCOC(=O)c1cc(C)n(CCOC)n1. The van der Waals surface area contributed by atoms with Gasteiger partial charge in [0.25, 0.3) is 0 Å². The van der Waals surface area contributed by atoms with Crippen molar-refractivity contribution in [1.82, 2.24) is 9.78 Å². The molecule has 0 N–H and O–H groups in total. The summed E-state index contributed by atoms with van der Waals surface area (Å²) in [5, 5.41) is 4.13. The van der Waals surface area contributed by atoms with Crippen LogP contribution in [0.5, 0.6) is 0 Å². The molecule has 0 saturated heterocycles. The molecule has 5 nitrogen and oxygen atoms in total. The molecule has 0 amide bonds. The van der Waals surface area contributed by atoms with Gasteiger partial charge in [0.05, 0.1) is 19.8 Å². The number of aromatic nitrogens is 2. The molecule has 0 spiro atoms. The van der Waals surface area contributed by atoms with Gasteiger partial charge in [0.15, 0.2) is 5.69 Å². The maximum absolute atomic E-state index is 11.4. The van der Waals surface area contributed by atoms with Crippen LogP contribution in [0.1, 0.15) is 23.1 Å². The zero-order valence-corrected chi connectivity index (χ0v) is 9.32. The summed E-state index contributed by atoms with van der Waals surface area (Å²) in [5.74, 6) is -0.378. The fourth-order valence-corrected chi connectivity index (χ4v) is 1.22. The van der Waals surface area contributed by atoms with Gasteiger partial charge in [-0.15, -0.1) is 0 Å². The van der Waals surface area contributed by atoms with Crippen molar-refractivity contribution in [3.63, 3.8) is 0 Å². The van der Waals surface area contributed by atoms with Crippen LogP contribution in [-0.2, 0) is 16.0 Å². The van der Waals surface area contributed by atoms with E-state index in [-0.39, 0.29) is 5.97 Å². The zero-order valence-electron chi connectivity index (χ0n) is 9.32. The van der Waals surface area contributed by atoms with Crippen LogP contribution in [0.4, 0.5) is 0 Å². The summed E-state index contributed by atoms with van der Waals surface area (Å²) in [6, 6.07) is 1.72. The first-order chi connectivity index (χ1) is 7.19. The number of rotatable bonds is 5. The average Bonchev–Trinajstić information content (AvgIpc) is 2.57. The summed E-state index contributed by atoms with van der Waals surface area (Å²) >= 11 is 0. The highest BCUT2D eigenvalue weighted by molar-refractivity contribution is 5.87. The number of esters is 1. The number of hydrogen-bond donors (Lipinski definition) is 0. The van der Waals surface area contributed by atoms with Gasteiger partial charge < -0.3 is 9.47 Å². The van der Waals surface area contributed by atoms with Gasteiger partial charge in [-0.05, 0) is 19.9 Å². The largest absolute Gasteiger partial charge is 0.461 e. The van der Waals surface area contributed by atoms with Gasteiger partial charge in [0.2, 0.25) is 0 Å². The summed E-state index contributed by atoms with van der Waals surface area (Å²) in [7, 11) is 1.63. The first-order valence-corrected chi connectivity index (χ1v) is 4.89. The standard InChI is InChI=1S/C10H16N2O3/c1-4-15-10(13)9-7-8(2)12(11-9)5-6-14-3/h7H,4-6H2,1-3H3. The van der Waals surface area contributed by atoms with E-state index in [4.69, 9.17) is 9.47 Å². The third-order valence-electron chi connectivity index (χ3n) is 1.97. The number of hydrogen-bond acceptors (Lipinski definition) is 4. The fourth-order valence-electron chi connectivity index (χ4n) is 1.22. The van der Waals surface area contributed by atoms with Crippen molar-refractivity contribution >= 4 is 5.97 Å². The summed E-state index contributed by atoms with van der Waals surface area (Å²) in [6.45, 7) is 5.24. The Labute approximate surface area is 89.0 Å². The van der Waals surface area contributed by atoms with E-state index in [0.717, 1.165) is 5.69 Å². The Balaban J connectivity index is 2.71. The normalized spacial score (nSPS) is 10.3. The van der Waals surface area contributed by atoms with E-state index in [9.17, 15) is 4.79 Å². The van der Waals surface area contributed by atoms with Crippen LogP contribution < -0.4 is 0 Å². The predicted octanol–water partition coefficient (Wildman–Crippen LogP) is 1.01. The molecule has 0 aliphatic heterocycles. The molecule has 0 bridgehead atoms. The van der Waals surface area contributed by atoms with Gasteiger partial charge >= 0.3 is 5.97 Å². The Bertz CT molecular complexity index is 333.